The van der Waals surface area contributed by atoms with E-state index in [1.165, 1.54) is 15.9 Å². The van der Waals surface area contributed by atoms with Crippen LogP contribution in [0.5, 0.6) is 0 Å². The smallest absolute Gasteiger partial charge is 0.253 e. The standard InChI is InChI=1S/C22H21FN8OS/c1-13-3-4-19(33-13)18-9-24-21-17(16-8-27-30(10-16)6-5-23)7-15(11-31(18)21)22(32)28-14(2)20-25-12-26-29-20/h3-4,7-12,14H,5-6H2,1-2H3,(H,28,32)(H,25,26,29)/t14-/m0/s1. The number of amides is 1. The molecule has 5 aromatic rings. The molecule has 0 bridgehead atoms. The average molecular weight is 465 g/mol. The summed E-state index contributed by atoms with van der Waals surface area (Å²) in [7, 11) is 0. The Morgan fingerprint density at radius 2 is 2.18 bits per heavy atom. The number of H-pyrrole nitrogens is 1. The molecule has 5 rings (SSSR count). The van der Waals surface area contributed by atoms with Crippen molar-refractivity contribution in [3.8, 4) is 21.7 Å². The minimum absolute atomic E-state index is 0.166. The van der Waals surface area contributed by atoms with Crippen LogP contribution >= 0.6 is 11.3 Å². The van der Waals surface area contributed by atoms with Gasteiger partial charge in [0.25, 0.3) is 5.91 Å². The zero-order chi connectivity index (χ0) is 22.9. The Morgan fingerprint density at radius 3 is 2.91 bits per heavy atom. The van der Waals surface area contributed by atoms with Crippen LogP contribution in [0.25, 0.3) is 27.3 Å². The molecular weight excluding hydrogens is 443 g/mol. The molecule has 2 N–H and O–H groups in total. The summed E-state index contributed by atoms with van der Waals surface area (Å²) in [4.78, 5) is 23.0. The number of carbonyl (C=O) groups excluding carboxylic acids is 1. The van der Waals surface area contributed by atoms with Crippen molar-refractivity contribution in [3.05, 3.63) is 65.6 Å². The summed E-state index contributed by atoms with van der Waals surface area (Å²) < 4.78 is 16.3. The molecule has 0 aliphatic carbocycles. The number of nitrogens with one attached hydrogen (secondary N) is 2. The third-order valence-electron chi connectivity index (χ3n) is 5.31. The van der Waals surface area contributed by atoms with Crippen molar-refractivity contribution in [1.82, 2.24) is 39.7 Å². The van der Waals surface area contributed by atoms with Crippen molar-refractivity contribution in [2.75, 3.05) is 6.67 Å². The van der Waals surface area contributed by atoms with Crippen LogP contribution in [0.3, 0.4) is 0 Å². The van der Waals surface area contributed by atoms with Crippen molar-refractivity contribution < 1.29 is 9.18 Å². The SMILES string of the molecule is Cc1ccc(-c2cnc3c(-c4cnn(CCF)c4)cc(C(=O)N[C@@H](C)c4nnc[nH]4)cn23)s1. The maximum absolute atomic E-state index is 13.2. The minimum Gasteiger partial charge on any atom is -0.342 e. The number of imidazole rings is 1. The number of nitrogens with zero attached hydrogens (tertiary/aromatic N) is 6. The number of carbonyl (C=O) groups is 1. The number of thiophene rings is 1. The molecule has 0 unspecified atom stereocenters. The number of rotatable bonds is 7. The highest BCUT2D eigenvalue weighted by atomic mass is 32.1. The molecule has 0 saturated carbocycles. The fourth-order valence-corrected chi connectivity index (χ4v) is 4.54. The van der Waals surface area contributed by atoms with Gasteiger partial charge in [-0.2, -0.15) is 5.10 Å². The predicted molar refractivity (Wildman–Crippen MR) is 123 cm³/mol. The van der Waals surface area contributed by atoms with Gasteiger partial charge in [0, 0.05) is 28.4 Å². The number of halogens is 1. The fraction of sp³-hybridized carbons (Fsp3) is 0.227. The Kier molecular flexibility index (Phi) is 5.47. The van der Waals surface area contributed by atoms with Crippen LogP contribution in [-0.2, 0) is 6.54 Å². The highest BCUT2D eigenvalue weighted by Crippen LogP contribution is 2.32. The molecule has 0 radical (unpaired) electrons. The van der Waals surface area contributed by atoms with Crippen LogP contribution in [-0.4, -0.2) is 46.9 Å². The molecule has 0 saturated heterocycles. The average Bonchev–Trinajstić information content (AvgIpc) is 3.59. The van der Waals surface area contributed by atoms with Crippen molar-refractivity contribution in [2.24, 2.45) is 0 Å². The number of hydrogen-bond donors (Lipinski definition) is 2. The highest BCUT2D eigenvalue weighted by Gasteiger charge is 2.19. The van der Waals surface area contributed by atoms with Crippen molar-refractivity contribution in [1.29, 1.82) is 0 Å². The maximum atomic E-state index is 13.2. The number of alkyl halides is 1. The monoisotopic (exact) mass is 464 g/mol. The van der Waals surface area contributed by atoms with Gasteiger partial charge in [-0.25, -0.2) is 9.37 Å². The van der Waals surface area contributed by atoms with Crippen molar-refractivity contribution >= 4 is 22.9 Å². The first-order chi connectivity index (χ1) is 16.0. The molecule has 33 heavy (non-hydrogen) atoms. The first kappa shape index (κ1) is 21.0. The molecule has 0 aromatic carbocycles. The van der Waals surface area contributed by atoms with Gasteiger partial charge in [-0.05, 0) is 32.0 Å². The molecule has 0 fully saturated rings. The van der Waals surface area contributed by atoms with Crippen LogP contribution in [0.15, 0.2) is 49.3 Å². The summed E-state index contributed by atoms with van der Waals surface area (Å²) in [5, 5.41) is 14.9. The summed E-state index contributed by atoms with van der Waals surface area (Å²) >= 11 is 1.66. The summed E-state index contributed by atoms with van der Waals surface area (Å²) in [6, 6.07) is 5.52. The Bertz CT molecular complexity index is 1420. The molecule has 0 spiro atoms. The molecular formula is C22H21FN8OS. The first-order valence-corrected chi connectivity index (χ1v) is 11.2. The van der Waals surface area contributed by atoms with Crippen LogP contribution in [0.2, 0.25) is 0 Å². The van der Waals surface area contributed by atoms with Crippen molar-refractivity contribution in [2.45, 2.75) is 26.4 Å². The van der Waals surface area contributed by atoms with Crippen LogP contribution in [0.4, 0.5) is 4.39 Å². The number of fused-ring (bicyclic) bond motifs is 1. The maximum Gasteiger partial charge on any atom is 0.253 e. The second kappa shape index (κ2) is 8.58. The third kappa shape index (κ3) is 4.02. The van der Waals surface area contributed by atoms with Gasteiger partial charge in [-0.15, -0.1) is 21.5 Å². The zero-order valence-corrected chi connectivity index (χ0v) is 18.8. The molecule has 9 nitrogen and oxygen atoms in total. The molecule has 0 aliphatic rings. The lowest BCUT2D eigenvalue weighted by Gasteiger charge is -2.13. The number of hydrogen-bond acceptors (Lipinski definition) is 6. The third-order valence-corrected chi connectivity index (χ3v) is 6.34. The van der Waals surface area contributed by atoms with E-state index in [1.807, 2.05) is 24.3 Å². The van der Waals surface area contributed by atoms with Gasteiger partial charge >= 0.3 is 0 Å². The lowest BCUT2D eigenvalue weighted by Crippen LogP contribution is -2.27. The molecule has 168 valence electrons. The molecule has 1 atom stereocenters. The van der Waals surface area contributed by atoms with E-state index in [-0.39, 0.29) is 18.5 Å². The molecule has 5 heterocycles. The van der Waals surface area contributed by atoms with E-state index in [9.17, 15) is 9.18 Å². The Hall–Kier alpha value is -3.86. The molecule has 5 aromatic heterocycles. The largest absolute Gasteiger partial charge is 0.342 e. The van der Waals surface area contributed by atoms with Gasteiger partial charge in [-0.3, -0.25) is 13.9 Å². The van der Waals surface area contributed by atoms with Gasteiger partial charge in [0.15, 0.2) is 5.82 Å². The quantitative estimate of drug-likeness (QED) is 0.381. The summed E-state index contributed by atoms with van der Waals surface area (Å²) in [5.74, 6) is 0.301. The molecule has 11 heteroatoms. The van der Waals surface area contributed by atoms with Gasteiger partial charge in [0.1, 0.15) is 18.6 Å². The van der Waals surface area contributed by atoms with Gasteiger partial charge in [0.05, 0.1) is 41.1 Å². The second-order valence-corrected chi connectivity index (χ2v) is 8.93. The molecule has 0 aliphatic heterocycles. The summed E-state index contributed by atoms with van der Waals surface area (Å²) in [6.07, 6.45) is 8.47. The number of aryl methyl sites for hydroxylation is 2. The van der Waals surface area contributed by atoms with E-state index >= 15 is 0 Å². The number of aromatic amines is 1. The first-order valence-electron chi connectivity index (χ1n) is 10.4. The lowest BCUT2D eigenvalue weighted by atomic mass is 10.1. The Balaban J connectivity index is 1.61. The van der Waals surface area contributed by atoms with E-state index < -0.39 is 6.67 Å². The Labute approximate surface area is 192 Å². The van der Waals surface area contributed by atoms with E-state index in [0.29, 0.717) is 17.0 Å². The predicted octanol–water partition coefficient (Wildman–Crippen LogP) is 3.81. The van der Waals surface area contributed by atoms with Crippen LogP contribution in [0, 0.1) is 6.92 Å². The fourth-order valence-electron chi connectivity index (χ4n) is 3.66. The van der Waals surface area contributed by atoms with Gasteiger partial charge in [-0.1, -0.05) is 0 Å². The van der Waals surface area contributed by atoms with Gasteiger partial charge in [0.2, 0.25) is 0 Å². The summed E-state index contributed by atoms with van der Waals surface area (Å²) in [5.41, 5.74) is 3.52. The number of pyridine rings is 1. The van der Waals surface area contributed by atoms with Crippen molar-refractivity contribution in [3.63, 3.8) is 0 Å². The van der Waals surface area contributed by atoms with Gasteiger partial charge < -0.3 is 10.3 Å². The Morgan fingerprint density at radius 1 is 1.30 bits per heavy atom. The van der Waals surface area contributed by atoms with Crippen LogP contribution < -0.4 is 5.32 Å². The van der Waals surface area contributed by atoms with Crippen LogP contribution in [0.1, 0.15) is 34.0 Å². The molecule has 1 amide bonds. The normalized spacial score (nSPS) is 12.3. The van der Waals surface area contributed by atoms with E-state index in [1.54, 1.807) is 42.2 Å². The number of aromatic nitrogens is 7. The van der Waals surface area contributed by atoms with E-state index in [2.05, 4.69) is 36.6 Å². The second-order valence-electron chi connectivity index (χ2n) is 7.64. The lowest BCUT2D eigenvalue weighted by molar-refractivity contribution is 0.0938. The van der Waals surface area contributed by atoms with E-state index in [0.717, 1.165) is 21.7 Å². The topological polar surface area (TPSA) is 106 Å². The minimum atomic E-state index is -0.510. The highest BCUT2D eigenvalue weighted by molar-refractivity contribution is 7.15. The van der Waals surface area contributed by atoms with E-state index in [4.69, 9.17) is 0 Å². The summed E-state index contributed by atoms with van der Waals surface area (Å²) in [6.45, 7) is 3.53. The zero-order valence-electron chi connectivity index (χ0n) is 18.0.